The highest BCUT2D eigenvalue weighted by atomic mass is 16.4. The number of rotatable bonds is 9. The number of aromatic nitrogens is 2. The summed E-state index contributed by atoms with van der Waals surface area (Å²) in [4.78, 5) is 41.7. The van der Waals surface area contributed by atoms with Gasteiger partial charge in [-0.1, -0.05) is 24.3 Å². The van der Waals surface area contributed by atoms with Crippen molar-refractivity contribution in [3.8, 4) is 11.3 Å². The molecule has 182 valence electrons. The summed E-state index contributed by atoms with van der Waals surface area (Å²) < 4.78 is 1.23. The van der Waals surface area contributed by atoms with Crippen LogP contribution in [0.15, 0.2) is 53.5 Å². The molecule has 0 fully saturated rings. The molecule has 35 heavy (non-hydrogen) atoms. The van der Waals surface area contributed by atoms with Crippen LogP contribution in [-0.4, -0.2) is 38.4 Å². The van der Waals surface area contributed by atoms with E-state index in [-0.39, 0.29) is 47.7 Å². The monoisotopic (exact) mass is 477 g/mol. The molecule has 3 aromatic rings. The summed E-state index contributed by atoms with van der Waals surface area (Å²) in [7, 11) is 0. The Hall–Kier alpha value is -4.67. The van der Waals surface area contributed by atoms with Crippen molar-refractivity contribution in [2.45, 2.75) is 33.0 Å². The Balaban J connectivity index is 1.92. The number of amides is 1. The Morgan fingerprint density at radius 3 is 2.43 bits per heavy atom. The predicted molar refractivity (Wildman–Crippen MR) is 133 cm³/mol. The first kappa shape index (κ1) is 25.0. The van der Waals surface area contributed by atoms with E-state index in [0.29, 0.717) is 11.1 Å². The average molecular weight is 478 g/mol. The van der Waals surface area contributed by atoms with Gasteiger partial charge in [0, 0.05) is 29.4 Å². The van der Waals surface area contributed by atoms with Crippen LogP contribution >= 0.6 is 0 Å². The highest BCUT2D eigenvalue weighted by molar-refractivity contribution is 5.95. The molecule has 0 unspecified atom stereocenters. The first-order chi connectivity index (χ1) is 16.5. The Morgan fingerprint density at radius 1 is 1.14 bits per heavy atom. The molecular weight excluding hydrogens is 450 g/mol. The van der Waals surface area contributed by atoms with Crippen LogP contribution in [0.2, 0.25) is 0 Å². The number of amidine groups is 1. The fraction of sp³-hybridized carbons (Fsp3) is 0.208. The van der Waals surface area contributed by atoms with Gasteiger partial charge in [-0.2, -0.15) is 0 Å². The van der Waals surface area contributed by atoms with Gasteiger partial charge in [0.1, 0.15) is 12.4 Å². The highest BCUT2D eigenvalue weighted by Gasteiger charge is 2.17. The van der Waals surface area contributed by atoms with Gasteiger partial charge in [0.05, 0.1) is 17.5 Å². The molecular formula is C24H27N7O4. The molecule has 0 aliphatic carbocycles. The highest BCUT2D eigenvalue weighted by Crippen LogP contribution is 2.23. The number of nitrogen functional groups attached to an aromatic ring is 2. The molecule has 11 nitrogen and oxygen atoms in total. The quantitative estimate of drug-likeness (QED) is 0.152. The van der Waals surface area contributed by atoms with Gasteiger partial charge in [0.25, 0.3) is 5.56 Å². The second-order valence-corrected chi connectivity index (χ2v) is 8.22. The van der Waals surface area contributed by atoms with Crippen molar-refractivity contribution in [1.82, 2.24) is 14.9 Å². The Labute approximate surface area is 201 Å². The molecule has 0 radical (unpaired) electrons. The second kappa shape index (κ2) is 10.5. The molecule has 1 heterocycles. The summed E-state index contributed by atoms with van der Waals surface area (Å²) >= 11 is 0. The van der Waals surface area contributed by atoms with Gasteiger partial charge in [0.2, 0.25) is 5.91 Å². The topological polar surface area (TPSA) is 189 Å². The van der Waals surface area contributed by atoms with Gasteiger partial charge in [-0.3, -0.25) is 19.6 Å². The summed E-state index contributed by atoms with van der Waals surface area (Å²) in [6.07, 6.45) is 1.40. The van der Waals surface area contributed by atoms with Gasteiger partial charge >= 0.3 is 5.97 Å². The summed E-state index contributed by atoms with van der Waals surface area (Å²) in [5, 5.41) is 22.5. The Kier molecular flexibility index (Phi) is 7.49. The molecule has 0 spiro atoms. The fourth-order valence-electron chi connectivity index (χ4n) is 3.37. The Bertz CT molecular complexity index is 1330. The molecule has 0 saturated carbocycles. The van der Waals surface area contributed by atoms with E-state index in [1.807, 2.05) is 13.8 Å². The lowest BCUT2D eigenvalue weighted by molar-refractivity contribution is -0.121. The van der Waals surface area contributed by atoms with Crippen LogP contribution in [0.3, 0.4) is 0 Å². The van der Waals surface area contributed by atoms with Crippen molar-refractivity contribution >= 4 is 29.2 Å². The largest absolute Gasteiger partial charge is 0.478 e. The number of aromatic carboxylic acids is 1. The van der Waals surface area contributed by atoms with Crippen molar-refractivity contribution in [3.05, 3.63) is 75.7 Å². The number of carbonyl (C=O) groups is 2. The van der Waals surface area contributed by atoms with Crippen LogP contribution < -0.4 is 27.7 Å². The van der Waals surface area contributed by atoms with E-state index in [9.17, 15) is 19.5 Å². The lowest BCUT2D eigenvalue weighted by atomic mass is 10.1. The summed E-state index contributed by atoms with van der Waals surface area (Å²) in [5.74, 6) is -1.59. The van der Waals surface area contributed by atoms with E-state index in [4.69, 9.17) is 16.9 Å². The minimum Gasteiger partial charge on any atom is -0.478 e. The zero-order valence-corrected chi connectivity index (χ0v) is 19.3. The third-order valence-corrected chi connectivity index (χ3v) is 5.03. The molecule has 0 saturated heterocycles. The maximum atomic E-state index is 13.2. The third-order valence-electron chi connectivity index (χ3n) is 5.03. The molecule has 0 aliphatic rings. The maximum Gasteiger partial charge on any atom is 0.335 e. The molecule has 2 aromatic carbocycles. The van der Waals surface area contributed by atoms with Crippen LogP contribution in [0, 0.1) is 5.41 Å². The van der Waals surface area contributed by atoms with Crippen molar-refractivity contribution in [1.29, 1.82) is 5.41 Å². The number of carbonyl (C=O) groups excluding carboxylic acids is 1. The molecule has 8 N–H and O–H groups in total. The van der Waals surface area contributed by atoms with E-state index in [2.05, 4.69) is 15.6 Å². The van der Waals surface area contributed by atoms with Crippen molar-refractivity contribution in [3.63, 3.8) is 0 Å². The molecule has 1 aromatic heterocycles. The summed E-state index contributed by atoms with van der Waals surface area (Å²) in [6, 6.07) is 11.0. The van der Waals surface area contributed by atoms with Crippen molar-refractivity contribution in [2.24, 2.45) is 5.73 Å². The zero-order valence-electron chi connectivity index (χ0n) is 19.3. The second-order valence-electron chi connectivity index (χ2n) is 8.22. The molecule has 0 bridgehead atoms. The number of anilines is 2. The fourth-order valence-corrected chi connectivity index (χ4v) is 3.37. The van der Waals surface area contributed by atoms with Gasteiger partial charge in [-0.25, -0.2) is 9.78 Å². The lowest BCUT2D eigenvalue weighted by Crippen LogP contribution is -2.35. The number of hydrogen-bond acceptors (Lipinski definition) is 7. The predicted octanol–water partition coefficient (Wildman–Crippen LogP) is 1.61. The molecule has 3 rings (SSSR count). The van der Waals surface area contributed by atoms with Crippen molar-refractivity contribution < 1.29 is 14.7 Å². The molecule has 0 aliphatic heterocycles. The van der Waals surface area contributed by atoms with Crippen LogP contribution in [0.5, 0.6) is 0 Å². The normalized spacial score (nSPS) is 10.7. The number of carboxylic acid groups (broad SMARTS) is 1. The first-order valence-electron chi connectivity index (χ1n) is 10.8. The summed E-state index contributed by atoms with van der Waals surface area (Å²) in [6.45, 7) is 3.57. The number of nitrogens with one attached hydrogen (secondary N) is 3. The van der Waals surface area contributed by atoms with E-state index in [1.54, 1.807) is 24.3 Å². The van der Waals surface area contributed by atoms with E-state index >= 15 is 0 Å². The third kappa shape index (κ3) is 6.22. The van der Waals surface area contributed by atoms with Crippen LogP contribution in [0.25, 0.3) is 11.3 Å². The minimum atomic E-state index is -1.17. The van der Waals surface area contributed by atoms with Crippen LogP contribution in [0.4, 0.5) is 11.5 Å². The van der Waals surface area contributed by atoms with E-state index in [0.717, 1.165) is 5.56 Å². The average Bonchev–Trinajstić information content (AvgIpc) is 2.80. The smallest absolute Gasteiger partial charge is 0.335 e. The molecule has 11 heteroatoms. The van der Waals surface area contributed by atoms with Gasteiger partial charge < -0.3 is 27.2 Å². The van der Waals surface area contributed by atoms with Gasteiger partial charge in [-0.15, -0.1) is 0 Å². The summed E-state index contributed by atoms with van der Waals surface area (Å²) in [5.41, 5.74) is 12.9. The van der Waals surface area contributed by atoms with Gasteiger partial charge in [0.15, 0.2) is 5.82 Å². The van der Waals surface area contributed by atoms with Crippen molar-refractivity contribution in [2.75, 3.05) is 11.1 Å². The minimum absolute atomic E-state index is 0.0522. The molecule has 1 amide bonds. The van der Waals surface area contributed by atoms with Gasteiger partial charge in [-0.05, 0) is 37.6 Å². The van der Waals surface area contributed by atoms with E-state index < -0.39 is 17.4 Å². The number of nitrogens with zero attached hydrogens (tertiary/aromatic N) is 2. The number of carboxylic acids is 1. The number of hydrogen-bond donors (Lipinski definition) is 6. The Morgan fingerprint density at radius 2 is 1.83 bits per heavy atom. The number of nitrogens with two attached hydrogens (primary N) is 2. The standard InChI is InChI=1S/C24H27N7O4/c1-13(2)30-22-23(33)31(12-20(32)28-10-14-3-5-15(6-4-14)21(26)27)19(11-29-22)16-7-17(24(34)35)9-18(25)8-16/h3-9,11,13H,10,12,25H2,1-2H3,(H3,26,27)(H,28,32)(H,29,30)(H,34,35). The SMILES string of the molecule is CC(C)Nc1ncc(-c2cc(N)cc(C(=O)O)c2)n(CC(=O)NCc2ccc(C(=N)N)cc2)c1=O. The zero-order chi connectivity index (χ0) is 25.7. The van der Waals surface area contributed by atoms with Crippen LogP contribution in [-0.2, 0) is 17.9 Å². The first-order valence-corrected chi connectivity index (χ1v) is 10.8. The number of benzene rings is 2. The van der Waals surface area contributed by atoms with E-state index in [1.165, 1.54) is 29.0 Å². The van der Waals surface area contributed by atoms with Crippen LogP contribution in [0.1, 0.15) is 35.3 Å². The lowest BCUT2D eigenvalue weighted by Gasteiger charge is -2.16. The maximum absolute atomic E-state index is 13.2. The molecule has 0 atom stereocenters.